The van der Waals surface area contributed by atoms with Gasteiger partial charge in [-0.2, -0.15) is 5.10 Å². The summed E-state index contributed by atoms with van der Waals surface area (Å²) in [5.74, 6) is 1.10. The van der Waals surface area contributed by atoms with Gasteiger partial charge in [0.25, 0.3) is 0 Å². The highest BCUT2D eigenvalue weighted by Crippen LogP contribution is 2.30. The van der Waals surface area contributed by atoms with Crippen LogP contribution in [0, 0.1) is 6.92 Å². The second kappa shape index (κ2) is 7.84. The van der Waals surface area contributed by atoms with Gasteiger partial charge >= 0.3 is 0 Å². The lowest BCUT2D eigenvalue weighted by Crippen LogP contribution is -2.21. The smallest absolute Gasteiger partial charge is 0.211 e. The van der Waals surface area contributed by atoms with Crippen molar-refractivity contribution in [2.24, 2.45) is 21.7 Å². The molecular weight excluding hydrogens is 292 g/mol. The predicted molar refractivity (Wildman–Crippen MR) is 91.9 cm³/mol. The van der Waals surface area contributed by atoms with Crippen molar-refractivity contribution in [1.29, 1.82) is 0 Å². The Bertz CT molecular complexity index is 722. The van der Waals surface area contributed by atoms with Gasteiger partial charge in [0.05, 0.1) is 13.3 Å². The molecule has 0 aliphatic heterocycles. The lowest BCUT2D eigenvalue weighted by Gasteiger charge is -2.13. The Morgan fingerprint density at radius 1 is 1.17 bits per heavy atom. The van der Waals surface area contributed by atoms with Crippen LogP contribution in [0.5, 0.6) is 11.5 Å². The van der Waals surface area contributed by atoms with Crippen LogP contribution in [0.3, 0.4) is 0 Å². The van der Waals surface area contributed by atoms with Gasteiger partial charge < -0.3 is 20.9 Å². The Hall–Kier alpha value is -3.02. The van der Waals surface area contributed by atoms with Crippen molar-refractivity contribution >= 4 is 12.2 Å². The highest BCUT2D eigenvalue weighted by atomic mass is 16.5. The molecule has 2 aromatic carbocycles. The zero-order chi connectivity index (χ0) is 16.7. The third-order valence-corrected chi connectivity index (χ3v) is 3.06. The summed E-state index contributed by atoms with van der Waals surface area (Å²) in [7, 11) is 1.59. The van der Waals surface area contributed by atoms with Crippen LogP contribution in [0.15, 0.2) is 52.7 Å². The summed E-state index contributed by atoms with van der Waals surface area (Å²) in [6.45, 7) is 2.46. The van der Waals surface area contributed by atoms with Crippen molar-refractivity contribution in [3.05, 3.63) is 59.2 Å². The first-order chi connectivity index (χ1) is 11.1. The van der Waals surface area contributed by atoms with Gasteiger partial charge in [-0.05, 0) is 24.6 Å². The van der Waals surface area contributed by atoms with Gasteiger partial charge in [0.1, 0.15) is 6.61 Å². The number of aryl methyl sites for hydroxylation is 1. The topological polar surface area (TPSA) is 95.2 Å². The van der Waals surface area contributed by atoms with E-state index in [4.69, 9.17) is 20.9 Å². The number of guanidine groups is 1. The Labute approximate surface area is 135 Å². The predicted octanol–water partition coefficient (Wildman–Crippen LogP) is 2.19. The molecule has 0 saturated heterocycles. The molecule has 0 fully saturated rings. The standard InChI is InChI=1S/C17H20N4O2/c1-12-5-3-6-13(9-12)11-23-16-14(10-20-21-17(18)19)7-4-8-15(16)22-2/h3-10H,11H2,1-2H3,(H4,18,19,21)/b20-10-. The molecule has 0 aliphatic carbocycles. The fraction of sp³-hybridized carbons (Fsp3) is 0.176. The van der Waals surface area contributed by atoms with E-state index in [0.717, 1.165) is 11.1 Å². The average Bonchev–Trinajstić information content (AvgIpc) is 2.53. The molecular formula is C17H20N4O2. The van der Waals surface area contributed by atoms with Crippen LogP contribution in [0.1, 0.15) is 16.7 Å². The zero-order valence-corrected chi connectivity index (χ0v) is 13.2. The van der Waals surface area contributed by atoms with Gasteiger partial charge in [-0.25, -0.2) is 0 Å². The molecule has 0 saturated carbocycles. The number of nitrogens with two attached hydrogens (primary N) is 2. The maximum atomic E-state index is 5.93. The molecule has 2 aromatic rings. The Morgan fingerprint density at radius 2 is 1.96 bits per heavy atom. The molecule has 6 heteroatoms. The molecule has 23 heavy (non-hydrogen) atoms. The van der Waals surface area contributed by atoms with Crippen molar-refractivity contribution in [2.45, 2.75) is 13.5 Å². The molecule has 120 valence electrons. The maximum Gasteiger partial charge on any atom is 0.211 e. The number of methoxy groups -OCH3 is 1. The van der Waals surface area contributed by atoms with E-state index in [1.54, 1.807) is 7.11 Å². The summed E-state index contributed by atoms with van der Waals surface area (Å²) in [6.07, 6.45) is 1.52. The number of hydrogen-bond donors (Lipinski definition) is 2. The molecule has 0 atom stereocenters. The number of hydrogen-bond acceptors (Lipinski definition) is 4. The largest absolute Gasteiger partial charge is 0.493 e. The van der Waals surface area contributed by atoms with Crippen LogP contribution >= 0.6 is 0 Å². The van der Waals surface area contributed by atoms with E-state index in [0.29, 0.717) is 18.1 Å². The van der Waals surface area contributed by atoms with Crippen LogP contribution in [0.4, 0.5) is 0 Å². The fourth-order valence-corrected chi connectivity index (χ4v) is 2.06. The minimum Gasteiger partial charge on any atom is -0.493 e. The van der Waals surface area contributed by atoms with Crippen LogP contribution in [0.25, 0.3) is 0 Å². The summed E-state index contributed by atoms with van der Waals surface area (Å²) in [4.78, 5) is 0. The summed E-state index contributed by atoms with van der Waals surface area (Å²) in [5, 5.41) is 7.42. The first-order valence-corrected chi connectivity index (χ1v) is 7.07. The van der Waals surface area contributed by atoms with Crippen molar-refractivity contribution < 1.29 is 9.47 Å². The third kappa shape index (κ3) is 4.74. The summed E-state index contributed by atoms with van der Waals surface area (Å²) < 4.78 is 11.3. The van der Waals surface area contributed by atoms with Crippen LogP contribution in [-0.2, 0) is 6.61 Å². The lowest BCUT2D eigenvalue weighted by atomic mass is 10.1. The number of nitrogens with zero attached hydrogens (tertiary/aromatic N) is 2. The second-order valence-electron chi connectivity index (χ2n) is 4.93. The molecule has 2 rings (SSSR count). The molecule has 0 spiro atoms. The lowest BCUT2D eigenvalue weighted by molar-refractivity contribution is 0.284. The van der Waals surface area contributed by atoms with Crippen LogP contribution in [0.2, 0.25) is 0 Å². The molecule has 6 nitrogen and oxygen atoms in total. The van der Waals surface area contributed by atoms with Gasteiger partial charge in [-0.3, -0.25) is 0 Å². The molecule has 0 bridgehead atoms. The highest BCUT2D eigenvalue weighted by Gasteiger charge is 2.09. The number of ether oxygens (including phenoxy) is 2. The normalized spacial score (nSPS) is 10.5. The molecule has 0 aromatic heterocycles. The Balaban J connectivity index is 2.24. The number of rotatable bonds is 6. The van der Waals surface area contributed by atoms with E-state index in [9.17, 15) is 0 Å². The van der Waals surface area contributed by atoms with Gasteiger partial charge in [0.15, 0.2) is 11.5 Å². The maximum absolute atomic E-state index is 5.93. The number of para-hydroxylation sites is 1. The minimum atomic E-state index is -0.105. The first kappa shape index (κ1) is 16.4. The molecule has 0 aliphatic rings. The Kier molecular flexibility index (Phi) is 5.57. The summed E-state index contributed by atoms with van der Waals surface area (Å²) in [6, 6.07) is 13.6. The van der Waals surface area contributed by atoms with Crippen molar-refractivity contribution in [3.63, 3.8) is 0 Å². The van der Waals surface area contributed by atoms with E-state index >= 15 is 0 Å². The minimum absolute atomic E-state index is 0.105. The van der Waals surface area contributed by atoms with Crippen LogP contribution in [-0.4, -0.2) is 19.3 Å². The van der Waals surface area contributed by atoms with Crippen molar-refractivity contribution in [1.82, 2.24) is 0 Å². The number of benzene rings is 2. The van der Waals surface area contributed by atoms with Gasteiger partial charge in [-0.1, -0.05) is 35.9 Å². The average molecular weight is 312 g/mol. The zero-order valence-electron chi connectivity index (χ0n) is 13.2. The summed E-state index contributed by atoms with van der Waals surface area (Å²) >= 11 is 0. The molecule has 0 heterocycles. The molecule has 0 radical (unpaired) electrons. The van der Waals surface area contributed by atoms with E-state index in [-0.39, 0.29) is 5.96 Å². The second-order valence-corrected chi connectivity index (χ2v) is 4.93. The van der Waals surface area contributed by atoms with Gasteiger partial charge in [0.2, 0.25) is 5.96 Å². The quantitative estimate of drug-likeness (QED) is 0.485. The first-order valence-electron chi connectivity index (χ1n) is 7.07. The molecule has 4 N–H and O–H groups in total. The molecule has 0 amide bonds. The van der Waals surface area contributed by atoms with Crippen molar-refractivity contribution in [2.75, 3.05) is 7.11 Å². The van der Waals surface area contributed by atoms with E-state index in [2.05, 4.69) is 16.3 Å². The van der Waals surface area contributed by atoms with Crippen LogP contribution < -0.4 is 20.9 Å². The van der Waals surface area contributed by atoms with Gasteiger partial charge in [0, 0.05) is 5.56 Å². The van der Waals surface area contributed by atoms with Crippen molar-refractivity contribution in [3.8, 4) is 11.5 Å². The fourth-order valence-electron chi connectivity index (χ4n) is 2.06. The third-order valence-electron chi connectivity index (χ3n) is 3.06. The Morgan fingerprint density at radius 3 is 2.65 bits per heavy atom. The summed E-state index contributed by atoms with van der Waals surface area (Å²) in [5.41, 5.74) is 13.5. The van der Waals surface area contributed by atoms with Gasteiger partial charge in [-0.15, -0.1) is 5.10 Å². The SMILES string of the molecule is COc1cccc(/C=N\N=C(N)N)c1OCc1cccc(C)c1. The monoisotopic (exact) mass is 312 g/mol. The van der Waals surface area contributed by atoms with E-state index in [1.807, 2.05) is 43.3 Å². The molecule has 0 unspecified atom stereocenters. The van der Waals surface area contributed by atoms with E-state index in [1.165, 1.54) is 11.8 Å². The highest BCUT2D eigenvalue weighted by molar-refractivity contribution is 5.86. The van der Waals surface area contributed by atoms with E-state index < -0.39 is 0 Å².